The van der Waals surface area contributed by atoms with Crippen molar-refractivity contribution < 1.29 is 9.47 Å². The second kappa shape index (κ2) is 3.81. The van der Waals surface area contributed by atoms with E-state index in [0.29, 0.717) is 13.2 Å². The van der Waals surface area contributed by atoms with Gasteiger partial charge in [-0.15, -0.1) is 0 Å². The van der Waals surface area contributed by atoms with Gasteiger partial charge in [-0.05, 0) is 34.2 Å². The van der Waals surface area contributed by atoms with Crippen molar-refractivity contribution in [2.75, 3.05) is 13.2 Å². The third-order valence-electron chi connectivity index (χ3n) is 4.85. The Hall–Kier alpha value is -1.97. The van der Waals surface area contributed by atoms with Crippen LogP contribution in [0.4, 0.5) is 0 Å². The number of allylic oxidation sites excluding steroid dienone is 2. The summed E-state index contributed by atoms with van der Waals surface area (Å²) in [5.74, 6) is -0.577. The number of hydrogen-bond acceptors (Lipinski definition) is 3. The van der Waals surface area contributed by atoms with Gasteiger partial charge < -0.3 is 9.47 Å². The highest BCUT2D eigenvalue weighted by molar-refractivity contribution is 6.22. The third-order valence-corrected chi connectivity index (χ3v) is 4.85. The second-order valence-electron chi connectivity index (χ2n) is 5.93. The van der Waals surface area contributed by atoms with Gasteiger partial charge in [0.25, 0.3) is 0 Å². The van der Waals surface area contributed by atoms with E-state index in [-0.39, 0.29) is 5.41 Å². The molecule has 1 atom stereocenters. The van der Waals surface area contributed by atoms with Gasteiger partial charge in [0.2, 0.25) is 0 Å². The van der Waals surface area contributed by atoms with Crippen LogP contribution in [0.25, 0.3) is 11.6 Å². The van der Waals surface area contributed by atoms with Crippen molar-refractivity contribution in [3.63, 3.8) is 0 Å². The quantitative estimate of drug-likeness (QED) is 0.669. The summed E-state index contributed by atoms with van der Waals surface area (Å²) in [4.78, 5) is 4.57. The highest BCUT2D eigenvalue weighted by Gasteiger charge is 2.48. The zero-order chi connectivity index (χ0) is 13.9. The topological polar surface area (TPSA) is 30.8 Å². The minimum absolute atomic E-state index is 0.199. The first-order valence-electron chi connectivity index (χ1n) is 7.36. The van der Waals surface area contributed by atoms with Crippen LogP contribution >= 0.6 is 0 Å². The molecule has 0 aromatic heterocycles. The molecule has 5 rings (SSSR count). The SMILES string of the molecule is C1=CC23C=CC4(CC2=c2ccccc2=CC3=N1)OCCO4. The number of benzene rings is 1. The van der Waals surface area contributed by atoms with Gasteiger partial charge in [-0.3, -0.25) is 4.99 Å². The van der Waals surface area contributed by atoms with Crippen molar-refractivity contribution in [3.8, 4) is 0 Å². The maximum atomic E-state index is 5.89. The highest BCUT2D eigenvalue weighted by atomic mass is 16.7. The maximum Gasteiger partial charge on any atom is 0.191 e. The number of nitrogens with zero attached hydrogens (tertiary/aromatic N) is 1. The summed E-state index contributed by atoms with van der Waals surface area (Å²) in [6.07, 6.45) is 11.3. The van der Waals surface area contributed by atoms with Crippen molar-refractivity contribution >= 4 is 17.4 Å². The van der Waals surface area contributed by atoms with E-state index < -0.39 is 5.79 Å². The molecule has 1 unspecified atom stereocenters. The van der Waals surface area contributed by atoms with Gasteiger partial charge >= 0.3 is 0 Å². The van der Waals surface area contributed by atoms with Gasteiger partial charge in [0.15, 0.2) is 5.79 Å². The predicted molar refractivity (Wildman–Crippen MR) is 81.0 cm³/mol. The molecular formula is C18H15NO2. The smallest absolute Gasteiger partial charge is 0.191 e. The number of hydrogen-bond donors (Lipinski definition) is 0. The van der Waals surface area contributed by atoms with Crippen LogP contribution in [0.3, 0.4) is 0 Å². The fraction of sp³-hybridized carbons (Fsp3) is 0.278. The predicted octanol–water partition coefficient (Wildman–Crippen LogP) is 1.29. The lowest BCUT2D eigenvalue weighted by atomic mass is 9.67. The van der Waals surface area contributed by atoms with Gasteiger partial charge in [0, 0.05) is 12.6 Å². The maximum absolute atomic E-state index is 5.89. The summed E-state index contributed by atoms with van der Waals surface area (Å²) < 4.78 is 11.8. The molecule has 2 aliphatic heterocycles. The molecule has 2 spiro atoms. The standard InChI is InChI=1S/C18H15NO2/c1-2-4-14-13(3-1)11-16-17(7-8-19-16)5-6-18(12-15(14)17)20-9-10-21-18/h1-8,11H,9-10,12H2. The zero-order valence-electron chi connectivity index (χ0n) is 11.6. The Balaban J connectivity index is 1.86. The van der Waals surface area contributed by atoms with Crippen LogP contribution in [-0.4, -0.2) is 24.7 Å². The zero-order valence-corrected chi connectivity index (χ0v) is 11.6. The molecule has 3 heteroatoms. The van der Waals surface area contributed by atoms with E-state index in [0.717, 1.165) is 12.1 Å². The lowest BCUT2D eigenvalue weighted by Crippen LogP contribution is -2.47. The summed E-state index contributed by atoms with van der Waals surface area (Å²) in [6, 6.07) is 8.50. The van der Waals surface area contributed by atoms with Crippen LogP contribution in [0.1, 0.15) is 6.42 Å². The summed E-state index contributed by atoms with van der Waals surface area (Å²) in [7, 11) is 0. The van der Waals surface area contributed by atoms with Gasteiger partial charge in [0.05, 0.1) is 24.3 Å². The number of aliphatic imine (C=N–C) groups is 1. The summed E-state index contributed by atoms with van der Waals surface area (Å²) >= 11 is 0. The molecular weight excluding hydrogens is 262 g/mol. The molecule has 0 bridgehead atoms. The second-order valence-corrected chi connectivity index (χ2v) is 5.93. The lowest BCUT2D eigenvalue weighted by Gasteiger charge is -2.39. The van der Waals surface area contributed by atoms with Gasteiger partial charge in [-0.1, -0.05) is 30.3 Å². The normalized spacial score (nSPS) is 30.7. The Bertz CT molecular complexity index is 840. The first-order valence-corrected chi connectivity index (χ1v) is 7.36. The minimum Gasteiger partial charge on any atom is -0.344 e. The Morgan fingerprint density at radius 1 is 1.00 bits per heavy atom. The van der Waals surface area contributed by atoms with E-state index in [2.05, 4.69) is 53.6 Å². The van der Waals surface area contributed by atoms with Crippen LogP contribution in [0.15, 0.2) is 53.7 Å². The summed E-state index contributed by atoms with van der Waals surface area (Å²) in [6.45, 7) is 1.32. The van der Waals surface area contributed by atoms with E-state index in [9.17, 15) is 0 Å². The van der Waals surface area contributed by atoms with E-state index >= 15 is 0 Å². The number of rotatable bonds is 0. The molecule has 0 N–H and O–H groups in total. The molecule has 2 aliphatic carbocycles. The molecule has 0 radical (unpaired) electrons. The Kier molecular flexibility index (Phi) is 2.12. The van der Waals surface area contributed by atoms with Crippen molar-refractivity contribution in [3.05, 3.63) is 59.1 Å². The van der Waals surface area contributed by atoms with Gasteiger partial charge in [-0.25, -0.2) is 0 Å². The molecule has 1 aromatic rings. The van der Waals surface area contributed by atoms with Crippen molar-refractivity contribution in [2.24, 2.45) is 10.4 Å². The van der Waals surface area contributed by atoms with Crippen molar-refractivity contribution in [1.82, 2.24) is 0 Å². The highest BCUT2D eigenvalue weighted by Crippen LogP contribution is 2.48. The third kappa shape index (κ3) is 1.42. The van der Waals surface area contributed by atoms with Crippen LogP contribution in [0.5, 0.6) is 0 Å². The number of fused-ring (bicyclic) bond motifs is 1. The van der Waals surface area contributed by atoms with Crippen LogP contribution < -0.4 is 10.4 Å². The molecule has 0 saturated carbocycles. The van der Waals surface area contributed by atoms with Crippen LogP contribution in [-0.2, 0) is 9.47 Å². The molecule has 2 heterocycles. The Morgan fingerprint density at radius 2 is 1.86 bits per heavy atom. The number of ether oxygens (including phenoxy) is 2. The molecule has 0 amide bonds. The van der Waals surface area contributed by atoms with Crippen molar-refractivity contribution in [1.29, 1.82) is 0 Å². The fourth-order valence-electron chi connectivity index (χ4n) is 3.82. The average molecular weight is 277 g/mol. The average Bonchev–Trinajstić information content (AvgIpc) is 3.13. The lowest BCUT2D eigenvalue weighted by molar-refractivity contribution is -0.114. The Morgan fingerprint density at radius 3 is 2.76 bits per heavy atom. The largest absolute Gasteiger partial charge is 0.344 e. The molecule has 1 aromatic carbocycles. The summed E-state index contributed by atoms with van der Waals surface area (Å²) in [5.41, 5.74) is 2.23. The summed E-state index contributed by atoms with van der Waals surface area (Å²) in [5, 5.41) is 2.51. The van der Waals surface area contributed by atoms with Gasteiger partial charge in [-0.2, -0.15) is 0 Å². The molecule has 4 aliphatic rings. The van der Waals surface area contributed by atoms with Gasteiger partial charge in [0.1, 0.15) is 0 Å². The van der Waals surface area contributed by atoms with E-state index in [4.69, 9.17) is 9.47 Å². The van der Waals surface area contributed by atoms with Crippen molar-refractivity contribution in [2.45, 2.75) is 12.2 Å². The van der Waals surface area contributed by atoms with E-state index in [1.54, 1.807) is 0 Å². The van der Waals surface area contributed by atoms with E-state index in [1.165, 1.54) is 16.0 Å². The fourth-order valence-corrected chi connectivity index (χ4v) is 3.82. The molecule has 1 saturated heterocycles. The van der Waals surface area contributed by atoms with Crippen LogP contribution in [0.2, 0.25) is 0 Å². The first kappa shape index (κ1) is 11.7. The Labute approximate surface area is 122 Å². The monoisotopic (exact) mass is 277 g/mol. The van der Waals surface area contributed by atoms with E-state index in [1.807, 2.05) is 6.20 Å². The molecule has 21 heavy (non-hydrogen) atoms. The molecule has 104 valence electrons. The first-order chi connectivity index (χ1) is 10.3. The molecule has 3 nitrogen and oxygen atoms in total. The minimum atomic E-state index is -0.577. The van der Waals surface area contributed by atoms with Crippen LogP contribution in [0, 0.1) is 5.41 Å². The molecule has 1 fully saturated rings.